The second-order valence-corrected chi connectivity index (χ2v) is 43.4. The van der Waals surface area contributed by atoms with Crippen molar-refractivity contribution in [3.63, 3.8) is 0 Å². The maximum absolute atomic E-state index is 12.1. The number of aliphatic hydroxyl groups excluding tert-OH is 1. The van der Waals surface area contributed by atoms with Gasteiger partial charge in [-0.15, -0.1) is 31.8 Å². The van der Waals surface area contributed by atoms with Gasteiger partial charge in [0.1, 0.15) is 11.9 Å². The van der Waals surface area contributed by atoms with Crippen molar-refractivity contribution in [2.45, 2.75) is 645 Å². The Bertz CT molecular complexity index is 2710. The molecule has 0 unspecified atom stereocenters. The topological polar surface area (TPSA) is 110 Å². The first kappa shape index (κ1) is 160. The molecule has 7 nitrogen and oxygen atoms in total. The van der Waals surface area contributed by atoms with E-state index in [0.29, 0.717) is 18.9 Å². The number of rotatable bonds is 107. The van der Waals surface area contributed by atoms with E-state index in [2.05, 4.69) is 253 Å². The minimum atomic E-state index is -1.12. The Morgan fingerprint density at radius 2 is 0.419 bits per heavy atom. The van der Waals surface area contributed by atoms with E-state index in [1.54, 1.807) is 6.92 Å². The molecule has 0 atom stereocenters. The summed E-state index contributed by atoms with van der Waals surface area (Å²) in [7, 11) is 1.08. The molecule has 0 saturated carbocycles. The zero-order valence-electron chi connectivity index (χ0n) is 102. The van der Waals surface area contributed by atoms with Crippen molar-refractivity contribution in [3.05, 3.63) is 170 Å². The van der Waals surface area contributed by atoms with Crippen LogP contribution in [0.4, 0.5) is 4.79 Å². The third-order valence-corrected chi connectivity index (χ3v) is 26.6. The normalized spacial score (nSPS) is 11.8. The molecule has 0 spiro atoms. The molecule has 12 heteroatoms. The van der Waals surface area contributed by atoms with Crippen molar-refractivity contribution in [3.8, 4) is 0 Å². The van der Waals surface area contributed by atoms with Gasteiger partial charge < -0.3 is 22.5 Å². The van der Waals surface area contributed by atoms with E-state index in [4.69, 9.17) is 33.0 Å². The second-order valence-electron chi connectivity index (χ2n) is 40.8. The molecule has 0 aromatic carbocycles. The van der Waals surface area contributed by atoms with Crippen molar-refractivity contribution in [2.24, 2.45) is 0 Å². The third-order valence-electron chi connectivity index (χ3n) is 26.1. The smallest absolute Gasteiger partial charge is 1.00 e. The summed E-state index contributed by atoms with van der Waals surface area (Å²) < 4.78 is 9.34. The molecular weight excluding hydrogens is 1950 g/mol. The fourth-order valence-corrected chi connectivity index (χ4v) is 17.3. The Kier molecular flexibility index (Phi) is 177. The van der Waals surface area contributed by atoms with Crippen LogP contribution in [0, 0.1) is 0 Å². The van der Waals surface area contributed by atoms with Gasteiger partial charge in [-0.2, -0.15) is 0 Å². The van der Waals surface area contributed by atoms with Crippen molar-refractivity contribution >= 4 is 89.2 Å². The fourth-order valence-electron chi connectivity index (χ4n) is 16.9. The molecule has 0 aromatic rings. The zero-order chi connectivity index (χ0) is 109. The molecule has 148 heavy (non-hydrogen) atoms. The Hall–Kier alpha value is -3.01. The number of aliphatic hydroxyl groups is 1. The van der Waals surface area contributed by atoms with Gasteiger partial charge in [0.05, 0.1) is 18.1 Å². The summed E-state index contributed by atoms with van der Waals surface area (Å²) in [5, 5.41) is 20.7. The van der Waals surface area contributed by atoms with Gasteiger partial charge in [0.2, 0.25) is 0 Å². The molecule has 0 rings (SSSR count). The van der Waals surface area contributed by atoms with Gasteiger partial charge in [0, 0.05) is 18.2 Å². The van der Waals surface area contributed by atoms with Crippen LogP contribution >= 0.6 is 47.7 Å². The van der Waals surface area contributed by atoms with Crippen LogP contribution in [-0.4, -0.2) is 94.5 Å². The van der Waals surface area contributed by atoms with Crippen molar-refractivity contribution in [1.82, 2.24) is 0 Å². The first-order valence-electron chi connectivity index (χ1n) is 63.0. The number of carbonyl (C=O) groups excluding carboxylic acids is 2. The number of Topliss-reactive ketones (excluding diaryl/α,β-unsaturated/α-hetero) is 1. The van der Waals surface area contributed by atoms with E-state index in [-0.39, 0.29) is 43.5 Å². The number of allylic oxidation sites excluding steroid dienone is 28. The third kappa shape index (κ3) is 179. The number of unbranched alkanes of at least 4 members (excludes halogenated alkanes) is 63. The first-order chi connectivity index (χ1) is 72.5. The van der Waals surface area contributed by atoms with Crippen LogP contribution in [0.15, 0.2) is 170 Å². The van der Waals surface area contributed by atoms with Gasteiger partial charge >= 0.3 is 29.2 Å². The van der Waals surface area contributed by atoms with Crippen molar-refractivity contribution < 1.29 is 36.9 Å². The van der Waals surface area contributed by atoms with Crippen LogP contribution in [-0.2, 0) is 19.1 Å². The van der Waals surface area contributed by atoms with E-state index < -0.39 is 6.16 Å². The summed E-state index contributed by atoms with van der Waals surface area (Å²) in [6.45, 7) is 22.8. The Balaban J connectivity index is -0.000000213. The second kappa shape index (κ2) is 164. The molecule has 0 amide bonds. The zero-order valence-corrected chi connectivity index (χ0v) is 105. The van der Waals surface area contributed by atoms with Gasteiger partial charge in [-0.05, 0) is 303 Å². The first-order valence-corrected chi connectivity index (χ1v) is 67.2. The average molecular weight is 2210 g/mol. The number of carbonyl (C=O) groups is 3. The number of ether oxygens (including phenoxy) is 2. The van der Waals surface area contributed by atoms with Crippen LogP contribution in [0.2, 0.25) is 0 Å². The van der Waals surface area contributed by atoms with Gasteiger partial charge in [-0.1, -0.05) is 517 Å². The maximum atomic E-state index is 12.1. The summed E-state index contributed by atoms with van der Waals surface area (Å²) in [6, 6.07) is 0. The number of halogens is 3. The van der Waals surface area contributed by atoms with E-state index in [0.717, 1.165) is 118 Å². The fraction of sp³-hybridized carbons (Fsp3) is 0.772. The quantitative estimate of drug-likeness (QED) is 0.0119. The van der Waals surface area contributed by atoms with E-state index >= 15 is 0 Å². The number of carboxylic acid groups (broad SMARTS) is 1. The van der Waals surface area contributed by atoms with Crippen LogP contribution in [0.3, 0.4) is 0 Å². The van der Waals surface area contributed by atoms with Crippen molar-refractivity contribution in [1.29, 1.82) is 0 Å². The summed E-state index contributed by atoms with van der Waals surface area (Å²) in [6.07, 6.45) is 176. The van der Waals surface area contributed by atoms with Crippen LogP contribution < -0.4 is 0 Å². The Labute approximate surface area is 964 Å². The molecule has 0 saturated heterocycles. The summed E-state index contributed by atoms with van der Waals surface area (Å²) in [5.41, 5.74) is 0. The predicted molar refractivity (Wildman–Crippen MR) is 683 cm³/mol. The minimum absolute atomic E-state index is 0. The Morgan fingerprint density at radius 1 is 0.264 bits per heavy atom. The predicted octanol–water partition coefficient (Wildman–Crippen LogP) is 48.7. The maximum Gasteiger partial charge on any atom is 2.00 e. The van der Waals surface area contributed by atoms with Gasteiger partial charge in [0.25, 0.3) is 6.47 Å². The number of hydrogen-bond acceptors (Lipinski definition) is 6. The molecule has 0 aromatic heterocycles. The molecule has 0 heterocycles. The van der Waals surface area contributed by atoms with E-state index in [9.17, 15) is 19.5 Å². The van der Waals surface area contributed by atoms with Gasteiger partial charge in [-0.3, -0.25) is 9.59 Å². The van der Waals surface area contributed by atoms with Gasteiger partial charge in [-0.25, -0.2) is 4.79 Å². The van der Waals surface area contributed by atoms with Crippen molar-refractivity contribution in [2.75, 3.05) is 30.6 Å². The minimum Gasteiger partial charge on any atom is -1.00 e. The van der Waals surface area contributed by atoms with Crippen LogP contribution in [0.25, 0.3) is 0 Å². The molecule has 0 fully saturated rings. The molecular formula is C136H252BrCl2MgO7P. The largest absolute Gasteiger partial charge is 2.00 e. The summed E-state index contributed by atoms with van der Waals surface area (Å²) >= 11 is 13.0. The number of ketones is 1. The monoisotopic (exact) mass is 2200 g/mol. The molecule has 0 aliphatic heterocycles. The SMILES string of the molecule is CCCCC/C=C\C/C=C\CCCCCCCCBr.CCCCC/C=C\C/C=C\CCCCCCCCC(=O)CCCCCCCC/C=C\C/C=C\CCCCC.CCCCC/C=C\C/C=C\CCCCCCCCC(CCCCCCCC/C=C\C/C=C\CCCCC)OC(=O)O.CCCCC/C=C\C/C=C\CCCCCCCCC(O)CCCCCCCC/C=C\C/C=C\CCCCC.CCOC=O.CPC.ClCCl.[H-].[H-].[Mg+2]. The standard InChI is InChI=1S/C38H68O3.C37H68O.C37H66O.C18H33Br.C3H6O2.C2H7P.CH2Cl2.Mg.2H/c1-3-5-7-9-11-13-15-17-19-21-23-25-27-29-31-33-35-37(41-38(39)40)36-34-32-30-28-26-24-22-20-18-16-14-12-10-8-6-4-2;2*1-3-5-7-9-11-13-15-17-19-21-23-25-27-29-31-33-35-37(38)36-34-32-30-28-26-24-22-20-18-16-14-12-10-8-6-4-2;1-2-3-4-5-6-7-8-9-10-11-12-13-14-15-16-17-18-19;1-2-5-3-4;1-3-2;2-1-3;;;/h11-14,17-20,37H,3-10,15-16,21-36H2,1-2H3,(H,39,40);11-14,17-20,37-38H,3-10,15-16,21-36H2,1-2H3;11-14,17-20H,3-10,15-16,21-36H2,1-2H3;6-7,9-10H,2-5,8,11-18H2,1H3;3H,2H2,1H3;3H,1-2H3;1H2;;;/q;;;;;;;+2;2*-1/b3*13-11-,14-12-,19-17-,20-18-;7-6-,10-9-;;;;;;. The van der Waals surface area contributed by atoms with E-state index in [1.165, 1.54) is 474 Å². The molecule has 866 valence electrons. The number of alkyl halides is 3. The molecule has 2 N–H and O–H groups in total. The van der Waals surface area contributed by atoms with Crippen LogP contribution in [0.1, 0.15) is 636 Å². The molecule has 0 radical (unpaired) electrons. The Morgan fingerprint density at radius 3 is 0.574 bits per heavy atom. The number of hydrogen-bond donors (Lipinski definition) is 2. The summed E-state index contributed by atoms with van der Waals surface area (Å²) in [4.78, 5) is 32.4. The van der Waals surface area contributed by atoms with Gasteiger partial charge in [0.15, 0.2) is 0 Å². The molecule has 0 aliphatic rings. The van der Waals surface area contributed by atoms with E-state index in [1.807, 2.05) is 0 Å². The average Bonchev–Trinajstić information content (AvgIpc) is 0.978. The summed E-state index contributed by atoms with van der Waals surface area (Å²) in [5.74, 6) is 0.499. The molecule has 0 bridgehead atoms. The van der Waals surface area contributed by atoms with Crippen LogP contribution in [0.5, 0.6) is 0 Å². The molecule has 0 aliphatic carbocycles.